The summed E-state index contributed by atoms with van der Waals surface area (Å²) in [7, 11) is 1.58. The molecule has 2 heterocycles. The minimum Gasteiger partial charge on any atom is -0.497 e. The van der Waals surface area contributed by atoms with Crippen molar-refractivity contribution in [2.24, 2.45) is 0 Å². The van der Waals surface area contributed by atoms with Gasteiger partial charge in [-0.2, -0.15) is 0 Å². The van der Waals surface area contributed by atoms with Gasteiger partial charge in [-0.3, -0.25) is 19.4 Å². The molecule has 0 spiro atoms. The van der Waals surface area contributed by atoms with Crippen LogP contribution in [-0.2, 0) is 9.59 Å². The van der Waals surface area contributed by atoms with E-state index < -0.39 is 17.8 Å². The predicted octanol–water partition coefficient (Wildman–Crippen LogP) is 2.70. The van der Waals surface area contributed by atoms with Crippen molar-refractivity contribution >= 4 is 28.5 Å². The molecule has 0 saturated carbocycles. The van der Waals surface area contributed by atoms with Crippen LogP contribution in [0.1, 0.15) is 11.6 Å². The Bertz CT molecular complexity index is 1120. The zero-order chi connectivity index (χ0) is 22.7. The monoisotopic (exact) mass is 440 g/mol. The summed E-state index contributed by atoms with van der Waals surface area (Å²) in [4.78, 5) is 31.5. The van der Waals surface area contributed by atoms with Gasteiger partial charge in [0, 0.05) is 54.5 Å². The van der Waals surface area contributed by atoms with E-state index in [4.69, 9.17) is 4.74 Å². The SMILES string of the molecule is COc1ccc2[nH]cc([C@H](C(=O)O)N3CCN(CC(=O)Nc4cccc(F)c4)CC3)c2c1. The third-order valence-corrected chi connectivity index (χ3v) is 5.70. The Morgan fingerprint density at radius 3 is 2.66 bits per heavy atom. The average Bonchev–Trinajstić information content (AvgIpc) is 3.17. The first-order chi connectivity index (χ1) is 15.4. The number of rotatable bonds is 7. The predicted molar refractivity (Wildman–Crippen MR) is 118 cm³/mol. The standard InChI is InChI=1S/C23H25FN4O4/c1-32-17-5-6-20-18(12-17)19(13-25-20)22(23(30)31)28-9-7-27(8-10-28)14-21(29)26-16-4-2-3-15(24)11-16/h2-6,11-13,22,25H,7-10,14H2,1H3,(H,26,29)(H,30,31)/t22-/m1/s1. The Balaban J connectivity index is 1.41. The highest BCUT2D eigenvalue weighted by Crippen LogP contribution is 2.31. The lowest BCUT2D eigenvalue weighted by atomic mass is 10.0. The molecule has 1 fully saturated rings. The minimum absolute atomic E-state index is 0.159. The number of nitrogens with one attached hydrogen (secondary N) is 2. The summed E-state index contributed by atoms with van der Waals surface area (Å²) in [6, 6.07) is 10.5. The van der Waals surface area contributed by atoms with Gasteiger partial charge in [-0.1, -0.05) is 6.07 Å². The second-order valence-electron chi connectivity index (χ2n) is 7.77. The van der Waals surface area contributed by atoms with Crippen molar-refractivity contribution in [1.29, 1.82) is 0 Å². The molecule has 9 heteroatoms. The molecule has 1 amide bonds. The quantitative estimate of drug-likeness (QED) is 0.523. The molecule has 0 radical (unpaired) electrons. The maximum Gasteiger partial charge on any atom is 0.325 e. The maximum atomic E-state index is 13.3. The fraction of sp³-hybridized carbons (Fsp3) is 0.304. The molecule has 168 valence electrons. The average molecular weight is 440 g/mol. The highest BCUT2D eigenvalue weighted by Gasteiger charge is 2.32. The number of methoxy groups -OCH3 is 1. The number of piperazine rings is 1. The van der Waals surface area contributed by atoms with Crippen LogP contribution in [0.3, 0.4) is 0 Å². The van der Waals surface area contributed by atoms with E-state index in [1.54, 1.807) is 19.4 Å². The lowest BCUT2D eigenvalue weighted by molar-refractivity contribution is -0.144. The van der Waals surface area contributed by atoms with Gasteiger partial charge in [-0.25, -0.2) is 4.39 Å². The number of aromatic nitrogens is 1. The molecule has 1 aliphatic rings. The summed E-state index contributed by atoms with van der Waals surface area (Å²) in [6.07, 6.45) is 1.74. The van der Waals surface area contributed by atoms with Crippen molar-refractivity contribution in [3.63, 3.8) is 0 Å². The maximum absolute atomic E-state index is 13.3. The van der Waals surface area contributed by atoms with Crippen LogP contribution in [0.25, 0.3) is 10.9 Å². The molecule has 4 rings (SSSR count). The number of carboxylic acid groups (broad SMARTS) is 1. The molecular formula is C23H25FN4O4. The Morgan fingerprint density at radius 1 is 1.19 bits per heavy atom. The van der Waals surface area contributed by atoms with Crippen LogP contribution in [0, 0.1) is 5.82 Å². The number of aromatic amines is 1. The molecule has 0 unspecified atom stereocenters. The van der Waals surface area contributed by atoms with Gasteiger partial charge >= 0.3 is 5.97 Å². The van der Waals surface area contributed by atoms with Crippen molar-refractivity contribution in [2.45, 2.75) is 6.04 Å². The van der Waals surface area contributed by atoms with Gasteiger partial charge < -0.3 is 20.1 Å². The third-order valence-electron chi connectivity index (χ3n) is 5.70. The highest BCUT2D eigenvalue weighted by molar-refractivity contribution is 5.92. The number of hydrogen-bond acceptors (Lipinski definition) is 5. The number of hydrogen-bond donors (Lipinski definition) is 3. The minimum atomic E-state index is -0.925. The zero-order valence-corrected chi connectivity index (χ0v) is 17.7. The molecule has 1 atom stereocenters. The fourth-order valence-corrected chi connectivity index (χ4v) is 4.11. The molecule has 3 aromatic rings. The van der Waals surface area contributed by atoms with Gasteiger partial charge in [0.1, 0.15) is 17.6 Å². The van der Waals surface area contributed by atoms with Gasteiger partial charge in [-0.15, -0.1) is 0 Å². The molecule has 0 bridgehead atoms. The van der Waals surface area contributed by atoms with Gasteiger partial charge in [0.15, 0.2) is 0 Å². The van der Waals surface area contributed by atoms with Crippen LogP contribution in [0.2, 0.25) is 0 Å². The number of benzene rings is 2. The first-order valence-electron chi connectivity index (χ1n) is 10.3. The molecule has 0 aliphatic carbocycles. The number of carbonyl (C=O) groups is 2. The van der Waals surface area contributed by atoms with E-state index in [-0.39, 0.29) is 12.5 Å². The number of halogens is 1. The van der Waals surface area contributed by atoms with Crippen LogP contribution < -0.4 is 10.1 Å². The summed E-state index contributed by atoms with van der Waals surface area (Å²) >= 11 is 0. The number of amides is 1. The van der Waals surface area contributed by atoms with Gasteiger partial charge in [0.05, 0.1) is 13.7 Å². The molecule has 8 nitrogen and oxygen atoms in total. The van der Waals surface area contributed by atoms with Crippen molar-refractivity contribution in [3.05, 3.63) is 60.0 Å². The number of carboxylic acids is 1. The van der Waals surface area contributed by atoms with Gasteiger partial charge in [0.25, 0.3) is 0 Å². The Morgan fingerprint density at radius 2 is 1.97 bits per heavy atom. The van der Waals surface area contributed by atoms with E-state index >= 15 is 0 Å². The Kier molecular flexibility index (Phi) is 6.38. The zero-order valence-electron chi connectivity index (χ0n) is 17.7. The highest BCUT2D eigenvalue weighted by atomic mass is 19.1. The second-order valence-corrected chi connectivity index (χ2v) is 7.77. The van der Waals surface area contributed by atoms with Gasteiger partial charge in [0.2, 0.25) is 5.91 Å². The van der Waals surface area contributed by atoms with Crippen molar-refractivity contribution in [2.75, 3.05) is 45.2 Å². The summed E-state index contributed by atoms with van der Waals surface area (Å²) in [5.74, 6) is -0.906. The van der Waals surface area contributed by atoms with Crippen molar-refractivity contribution in [3.8, 4) is 5.75 Å². The Labute approximate surface area is 184 Å². The van der Waals surface area contributed by atoms with Crippen LogP contribution in [0.5, 0.6) is 5.75 Å². The molecule has 1 aliphatic heterocycles. The van der Waals surface area contributed by atoms with E-state index in [0.29, 0.717) is 43.2 Å². The van der Waals surface area contributed by atoms with Crippen molar-refractivity contribution in [1.82, 2.24) is 14.8 Å². The summed E-state index contributed by atoms with van der Waals surface area (Å²) in [6.45, 7) is 2.26. The van der Waals surface area contributed by atoms with Crippen LogP contribution in [-0.4, -0.2) is 71.6 Å². The number of carbonyl (C=O) groups excluding carboxylic acids is 1. The van der Waals surface area contributed by atoms with Crippen LogP contribution >= 0.6 is 0 Å². The number of ether oxygens (including phenoxy) is 1. The number of nitrogens with zero attached hydrogens (tertiary/aromatic N) is 2. The van der Waals surface area contributed by atoms with Crippen LogP contribution in [0.15, 0.2) is 48.7 Å². The Hall–Kier alpha value is -3.43. The second kappa shape index (κ2) is 9.37. The first-order valence-corrected chi connectivity index (χ1v) is 10.3. The number of aliphatic carboxylic acids is 1. The fourth-order valence-electron chi connectivity index (χ4n) is 4.11. The summed E-state index contributed by atoms with van der Waals surface area (Å²) < 4.78 is 18.6. The number of anilines is 1. The first kappa shape index (κ1) is 21.8. The van der Waals surface area contributed by atoms with Crippen molar-refractivity contribution < 1.29 is 23.8 Å². The summed E-state index contributed by atoms with van der Waals surface area (Å²) in [5, 5.41) is 13.5. The molecule has 1 aromatic heterocycles. The van der Waals surface area contributed by atoms with E-state index in [2.05, 4.69) is 10.3 Å². The topological polar surface area (TPSA) is 97.9 Å². The number of H-pyrrole nitrogens is 1. The van der Waals surface area contributed by atoms with E-state index in [9.17, 15) is 19.1 Å². The van der Waals surface area contributed by atoms with E-state index in [1.165, 1.54) is 18.2 Å². The largest absolute Gasteiger partial charge is 0.497 e. The van der Waals surface area contributed by atoms with E-state index in [1.807, 2.05) is 28.0 Å². The molecule has 3 N–H and O–H groups in total. The molecule has 32 heavy (non-hydrogen) atoms. The smallest absolute Gasteiger partial charge is 0.325 e. The lowest BCUT2D eigenvalue weighted by Crippen LogP contribution is -2.50. The molecule has 2 aromatic carbocycles. The lowest BCUT2D eigenvalue weighted by Gasteiger charge is -2.37. The summed E-state index contributed by atoms with van der Waals surface area (Å²) in [5.41, 5.74) is 1.94. The molecule has 1 saturated heterocycles. The van der Waals surface area contributed by atoms with Gasteiger partial charge in [-0.05, 0) is 36.4 Å². The normalized spacial score (nSPS) is 16.1. The van der Waals surface area contributed by atoms with E-state index in [0.717, 1.165) is 10.9 Å². The number of fused-ring (bicyclic) bond motifs is 1. The van der Waals surface area contributed by atoms with Crippen LogP contribution in [0.4, 0.5) is 10.1 Å². The third kappa shape index (κ3) is 4.74. The molecular weight excluding hydrogens is 415 g/mol.